The van der Waals surface area contributed by atoms with Crippen LogP contribution in [0.2, 0.25) is 0 Å². The van der Waals surface area contributed by atoms with Gasteiger partial charge in [0.1, 0.15) is 0 Å². The van der Waals surface area contributed by atoms with Crippen molar-refractivity contribution in [2.45, 2.75) is 58.8 Å². The SMILES string of the molecule is CCNC(=NCCCN(CC)S(C)(=O)=O)NCCCC1CCCC1. The summed E-state index contributed by atoms with van der Waals surface area (Å²) in [5.41, 5.74) is 0. The number of sulfonamides is 1. The fourth-order valence-corrected chi connectivity index (χ4v) is 4.16. The molecule has 0 unspecified atom stereocenters. The number of nitrogens with one attached hydrogen (secondary N) is 2. The molecule has 6 nitrogen and oxygen atoms in total. The average molecular weight is 361 g/mol. The maximum atomic E-state index is 11.5. The highest BCUT2D eigenvalue weighted by Gasteiger charge is 2.14. The number of rotatable bonds is 11. The minimum Gasteiger partial charge on any atom is -0.357 e. The van der Waals surface area contributed by atoms with E-state index >= 15 is 0 Å². The molecule has 0 amide bonds. The molecule has 1 saturated carbocycles. The first-order valence-electron chi connectivity index (χ1n) is 9.44. The van der Waals surface area contributed by atoms with E-state index in [2.05, 4.69) is 22.5 Å². The van der Waals surface area contributed by atoms with Crippen molar-refractivity contribution in [1.29, 1.82) is 0 Å². The van der Waals surface area contributed by atoms with Gasteiger partial charge in [0.15, 0.2) is 5.96 Å². The smallest absolute Gasteiger partial charge is 0.211 e. The van der Waals surface area contributed by atoms with E-state index in [-0.39, 0.29) is 0 Å². The Hall–Kier alpha value is -0.820. The molecule has 1 aliphatic carbocycles. The van der Waals surface area contributed by atoms with Crippen molar-refractivity contribution in [3.8, 4) is 0 Å². The van der Waals surface area contributed by atoms with Crippen molar-refractivity contribution in [3.63, 3.8) is 0 Å². The zero-order chi connectivity index (χ0) is 17.8. The zero-order valence-corrected chi connectivity index (χ0v) is 16.5. The van der Waals surface area contributed by atoms with Crippen LogP contribution in [0.3, 0.4) is 0 Å². The summed E-state index contributed by atoms with van der Waals surface area (Å²) in [7, 11) is -3.10. The predicted molar refractivity (Wildman–Crippen MR) is 102 cm³/mol. The van der Waals surface area contributed by atoms with E-state index in [9.17, 15) is 8.42 Å². The maximum Gasteiger partial charge on any atom is 0.211 e. The van der Waals surface area contributed by atoms with E-state index in [0.29, 0.717) is 19.6 Å². The van der Waals surface area contributed by atoms with Gasteiger partial charge in [-0.1, -0.05) is 32.6 Å². The lowest BCUT2D eigenvalue weighted by Gasteiger charge is -2.17. The number of hydrogen-bond donors (Lipinski definition) is 2. The van der Waals surface area contributed by atoms with Crippen LogP contribution in [-0.4, -0.2) is 57.7 Å². The first kappa shape index (κ1) is 21.2. The van der Waals surface area contributed by atoms with Crippen LogP contribution in [-0.2, 0) is 10.0 Å². The van der Waals surface area contributed by atoms with Crippen molar-refractivity contribution in [2.24, 2.45) is 10.9 Å². The lowest BCUT2D eigenvalue weighted by molar-refractivity contribution is 0.427. The summed E-state index contributed by atoms with van der Waals surface area (Å²) >= 11 is 0. The van der Waals surface area contributed by atoms with Gasteiger partial charge in [0, 0.05) is 32.7 Å². The van der Waals surface area contributed by atoms with E-state index < -0.39 is 10.0 Å². The quantitative estimate of drug-likeness (QED) is 0.336. The Morgan fingerprint density at radius 3 is 2.46 bits per heavy atom. The topological polar surface area (TPSA) is 73.8 Å². The highest BCUT2D eigenvalue weighted by Crippen LogP contribution is 2.28. The summed E-state index contributed by atoms with van der Waals surface area (Å²) in [5.74, 6) is 1.77. The monoisotopic (exact) mass is 360 g/mol. The van der Waals surface area contributed by atoms with Gasteiger partial charge < -0.3 is 10.6 Å². The third kappa shape index (κ3) is 8.87. The summed E-state index contributed by atoms with van der Waals surface area (Å²) < 4.78 is 24.6. The Morgan fingerprint density at radius 2 is 1.88 bits per heavy atom. The van der Waals surface area contributed by atoms with Crippen LogP contribution in [0.4, 0.5) is 0 Å². The molecule has 7 heteroatoms. The Bertz CT molecular complexity index is 459. The minimum absolute atomic E-state index is 0.516. The average Bonchev–Trinajstić information content (AvgIpc) is 3.03. The fraction of sp³-hybridized carbons (Fsp3) is 0.941. The zero-order valence-electron chi connectivity index (χ0n) is 15.7. The molecule has 0 heterocycles. The standard InChI is InChI=1S/C17H36N4O2S/c1-4-18-17(19-13-8-12-16-10-6-7-11-16)20-14-9-15-21(5-2)24(3,22)23/h16H,4-15H2,1-3H3,(H2,18,19,20). The molecule has 0 radical (unpaired) electrons. The lowest BCUT2D eigenvalue weighted by atomic mass is 10.0. The Balaban J connectivity index is 2.25. The maximum absolute atomic E-state index is 11.5. The van der Waals surface area contributed by atoms with E-state index in [1.165, 1.54) is 49.1 Å². The summed E-state index contributed by atoms with van der Waals surface area (Å²) in [6.45, 7) is 7.37. The second-order valence-corrected chi connectivity index (χ2v) is 8.57. The summed E-state index contributed by atoms with van der Waals surface area (Å²) in [5, 5.41) is 6.63. The molecule has 24 heavy (non-hydrogen) atoms. The second-order valence-electron chi connectivity index (χ2n) is 6.59. The van der Waals surface area contributed by atoms with Gasteiger partial charge in [0.25, 0.3) is 0 Å². The predicted octanol–water partition coefficient (Wildman–Crippen LogP) is 2.18. The van der Waals surface area contributed by atoms with E-state index in [0.717, 1.165) is 31.4 Å². The highest BCUT2D eigenvalue weighted by atomic mass is 32.2. The van der Waals surface area contributed by atoms with E-state index in [1.807, 2.05) is 6.92 Å². The van der Waals surface area contributed by atoms with Gasteiger partial charge >= 0.3 is 0 Å². The molecule has 0 spiro atoms. The normalized spacial score (nSPS) is 16.8. The van der Waals surface area contributed by atoms with Gasteiger partial charge in [-0.2, -0.15) is 0 Å². The molecule has 0 aromatic carbocycles. The van der Waals surface area contributed by atoms with Crippen LogP contribution in [0.25, 0.3) is 0 Å². The number of aliphatic imine (C=N–C) groups is 1. The highest BCUT2D eigenvalue weighted by molar-refractivity contribution is 7.88. The molecule has 1 aliphatic rings. The largest absolute Gasteiger partial charge is 0.357 e. The molecular formula is C17H36N4O2S. The molecule has 1 fully saturated rings. The van der Waals surface area contributed by atoms with Gasteiger partial charge in [-0.3, -0.25) is 4.99 Å². The van der Waals surface area contributed by atoms with E-state index in [1.54, 1.807) is 0 Å². The minimum atomic E-state index is -3.10. The third-order valence-corrected chi connectivity index (χ3v) is 5.94. The Morgan fingerprint density at radius 1 is 1.17 bits per heavy atom. The first-order valence-corrected chi connectivity index (χ1v) is 11.3. The molecule has 0 aliphatic heterocycles. The molecule has 0 bridgehead atoms. The number of nitrogens with zero attached hydrogens (tertiary/aromatic N) is 2. The number of hydrogen-bond acceptors (Lipinski definition) is 3. The van der Waals surface area contributed by atoms with Crippen molar-refractivity contribution < 1.29 is 8.42 Å². The summed E-state index contributed by atoms with van der Waals surface area (Å²) in [6, 6.07) is 0. The summed E-state index contributed by atoms with van der Waals surface area (Å²) in [6.07, 6.45) is 10.1. The third-order valence-electron chi connectivity index (χ3n) is 4.56. The number of guanidine groups is 1. The van der Waals surface area contributed by atoms with Crippen LogP contribution in [0, 0.1) is 5.92 Å². The Kier molecular flexibility index (Phi) is 10.3. The van der Waals surface area contributed by atoms with Crippen LogP contribution in [0.5, 0.6) is 0 Å². The van der Waals surface area contributed by atoms with Crippen LogP contribution in [0.1, 0.15) is 58.8 Å². The molecule has 0 saturated heterocycles. The van der Waals surface area contributed by atoms with Crippen molar-refractivity contribution >= 4 is 16.0 Å². The van der Waals surface area contributed by atoms with Gasteiger partial charge in [-0.25, -0.2) is 12.7 Å². The molecule has 0 atom stereocenters. The van der Waals surface area contributed by atoms with Crippen LogP contribution >= 0.6 is 0 Å². The van der Waals surface area contributed by atoms with Crippen molar-refractivity contribution in [2.75, 3.05) is 39.0 Å². The van der Waals surface area contributed by atoms with Gasteiger partial charge in [-0.05, 0) is 32.1 Å². The van der Waals surface area contributed by atoms with E-state index in [4.69, 9.17) is 0 Å². The van der Waals surface area contributed by atoms with Crippen molar-refractivity contribution in [1.82, 2.24) is 14.9 Å². The lowest BCUT2D eigenvalue weighted by Crippen LogP contribution is -2.38. The first-order chi connectivity index (χ1) is 11.5. The molecule has 1 rings (SSSR count). The molecule has 2 N–H and O–H groups in total. The molecule has 142 valence electrons. The second kappa shape index (κ2) is 11.7. The van der Waals surface area contributed by atoms with Crippen LogP contribution < -0.4 is 10.6 Å². The summed E-state index contributed by atoms with van der Waals surface area (Å²) in [4.78, 5) is 4.54. The van der Waals surface area contributed by atoms with Gasteiger partial charge in [0.05, 0.1) is 6.26 Å². The van der Waals surface area contributed by atoms with Gasteiger partial charge in [0.2, 0.25) is 10.0 Å². The molecule has 0 aromatic rings. The molecular weight excluding hydrogens is 324 g/mol. The molecule has 0 aromatic heterocycles. The van der Waals surface area contributed by atoms with Crippen LogP contribution in [0.15, 0.2) is 4.99 Å². The van der Waals surface area contributed by atoms with Crippen molar-refractivity contribution in [3.05, 3.63) is 0 Å². The van der Waals surface area contributed by atoms with Gasteiger partial charge in [-0.15, -0.1) is 0 Å². The Labute approximate surface area is 148 Å². The fourth-order valence-electron chi connectivity index (χ4n) is 3.23.